The number of rotatable bonds is 7. The normalized spacial score (nSPS) is 23.8. The van der Waals surface area contributed by atoms with Gasteiger partial charge >= 0.3 is 0 Å². The summed E-state index contributed by atoms with van der Waals surface area (Å²) in [4.78, 5) is 0. The Bertz CT molecular complexity index is 444. The summed E-state index contributed by atoms with van der Waals surface area (Å²) in [5.41, 5.74) is 0. The molecular formula is C9H17N5O2S. The van der Waals surface area contributed by atoms with Crippen molar-refractivity contribution in [3.05, 3.63) is 6.33 Å². The molecule has 0 aliphatic heterocycles. The molecule has 0 amide bonds. The van der Waals surface area contributed by atoms with Crippen molar-refractivity contribution in [1.82, 2.24) is 24.9 Å². The Balaban J connectivity index is 1.71. The number of aromatic nitrogens is 4. The second kappa shape index (κ2) is 5.09. The van der Waals surface area contributed by atoms with E-state index in [9.17, 15) is 8.42 Å². The van der Waals surface area contributed by atoms with Crippen molar-refractivity contribution in [2.75, 3.05) is 5.75 Å². The Morgan fingerprint density at radius 2 is 2.35 bits per heavy atom. The van der Waals surface area contributed by atoms with E-state index in [-0.39, 0.29) is 11.8 Å². The third kappa shape index (κ3) is 3.74. The Morgan fingerprint density at radius 1 is 1.53 bits per heavy atom. The van der Waals surface area contributed by atoms with Crippen molar-refractivity contribution in [2.24, 2.45) is 5.92 Å². The van der Waals surface area contributed by atoms with Crippen molar-refractivity contribution in [1.29, 1.82) is 0 Å². The Hall–Kier alpha value is -1.02. The van der Waals surface area contributed by atoms with E-state index in [4.69, 9.17) is 0 Å². The Kier molecular flexibility index (Phi) is 3.72. The van der Waals surface area contributed by atoms with Gasteiger partial charge < -0.3 is 0 Å². The highest BCUT2D eigenvalue weighted by Gasteiger charge is 2.37. The van der Waals surface area contributed by atoms with E-state index in [2.05, 4.69) is 27.2 Å². The highest BCUT2D eigenvalue weighted by molar-refractivity contribution is 7.89. The zero-order valence-corrected chi connectivity index (χ0v) is 10.6. The third-order valence-corrected chi connectivity index (χ3v) is 4.46. The minimum atomic E-state index is -3.15. The second-order valence-electron chi connectivity index (χ2n) is 4.37. The van der Waals surface area contributed by atoms with Gasteiger partial charge in [0.2, 0.25) is 10.0 Å². The summed E-state index contributed by atoms with van der Waals surface area (Å²) >= 11 is 0. The first-order valence-electron chi connectivity index (χ1n) is 5.81. The molecule has 1 heterocycles. The molecule has 1 N–H and O–H groups in total. The molecule has 7 nitrogen and oxygen atoms in total. The summed E-state index contributed by atoms with van der Waals surface area (Å²) < 4.78 is 27.6. The summed E-state index contributed by atoms with van der Waals surface area (Å²) in [5, 5.41) is 10.6. The lowest BCUT2D eigenvalue weighted by molar-refractivity contribution is 0.551. The lowest BCUT2D eigenvalue weighted by Gasteiger charge is -2.05. The van der Waals surface area contributed by atoms with Crippen LogP contribution < -0.4 is 4.72 Å². The lowest BCUT2D eigenvalue weighted by Crippen LogP contribution is -2.29. The van der Waals surface area contributed by atoms with E-state index in [1.54, 1.807) is 0 Å². The SMILES string of the molecule is CC[C@@H]1C[C@H]1NS(=O)(=O)CCCn1cnnn1. The molecule has 0 unspecified atom stereocenters. The summed E-state index contributed by atoms with van der Waals surface area (Å²) in [6, 6.07) is 0.165. The van der Waals surface area contributed by atoms with E-state index < -0.39 is 10.0 Å². The monoisotopic (exact) mass is 259 g/mol. The molecule has 1 aliphatic rings. The summed E-state index contributed by atoms with van der Waals surface area (Å²) in [5.74, 6) is 0.657. The number of aryl methyl sites for hydroxylation is 1. The molecule has 8 heteroatoms. The number of nitrogens with one attached hydrogen (secondary N) is 1. The molecule has 1 aromatic rings. The first-order valence-corrected chi connectivity index (χ1v) is 7.46. The van der Waals surface area contributed by atoms with Crippen LogP contribution in [0, 0.1) is 5.92 Å². The molecule has 0 saturated heterocycles. The van der Waals surface area contributed by atoms with Crippen LogP contribution in [0.5, 0.6) is 0 Å². The molecule has 2 rings (SSSR count). The average Bonchev–Trinajstić information content (AvgIpc) is 2.79. The van der Waals surface area contributed by atoms with Crippen molar-refractivity contribution < 1.29 is 8.42 Å². The number of sulfonamides is 1. The molecule has 17 heavy (non-hydrogen) atoms. The van der Waals surface area contributed by atoms with Crippen molar-refractivity contribution in [3.8, 4) is 0 Å². The fourth-order valence-electron chi connectivity index (χ4n) is 1.83. The van der Waals surface area contributed by atoms with Gasteiger partial charge in [0.05, 0.1) is 5.75 Å². The first-order chi connectivity index (χ1) is 8.11. The molecule has 96 valence electrons. The van der Waals surface area contributed by atoms with Crippen LogP contribution >= 0.6 is 0 Å². The molecule has 0 aromatic carbocycles. The van der Waals surface area contributed by atoms with Crippen LogP contribution in [0.15, 0.2) is 6.33 Å². The van der Waals surface area contributed by atoms with Crippen LogP contribution in [0.4, 0.5) is 0 Å². The predicted molar refractivity (Wildman–Crippen MR) is 61.5 cm³/mol. The Morgan fingerprint density at radius 3 is 2.94 bits per heavy atom. The van der Waals surface area contributed by atoms with Gasteiger partial charge in [0, 0.05) is 12.6 Å². The molecule has 0 bridgehead atoms. The minimum absolute atomic E-state index is 0.125. The average molecular weight is 259 g/mol. The van der Waals surface area contributed by atoms with Gasteiger partial charge in [0.1, 0.15) is 6.33 Å². The fourth-order valence-corrected chi connectivity index (χ4v) is 3.21. The first kappa shape index (κ1) is 12.4. The van der Waals surface area contributed by atoms with Crippen LogP contribution in [0.2, 0.25) is 0 Å². The molecule has 0 radical (unpaired) electrons. The quantitative estimate of drug-likeness (QED) is 0.731. The van der Waals surface area contributed by atoms with E-state index in [0.29, 0.717) is 18.9 Å². The zero-order chi connectivity index (χ0) is 12.3. The van der Waals surface area contributed by atoms with Gasteiger partial charge in [-0.1, -0.05) is 13.3 Å². The number of hydrogen-bond acceptors (Lipinski definition) is 5. The smallest absolute Gasteiger partial charge is 0.211 e. The zero-order valence-electron chi connectivity index (χ0n) is 9.78. The topological polar surface area (TPSA) is 89.8 Å². The molecule has 0 spiro atoms. The van der Waals surface area contributed by atoms with E-state index in [1.807, 2.05) is 0 Å². The standard InChI is InChI=1S/C9H17N5O2S/c1-2-8-6-9(8)11-17(15,16)5-3-4-14-7-10-12-13-14/h7-9,11H,2-6H2,1H3/t8-,9-/m1/s1. The molecule has 2 atom stereocenters. The maximum atomic E-state index is 11.7. The van der Waals surface area contributed by atoms with Crippen LogP contribution in [-0.2, 0) is 16.6 Å². The van der Waals surface area contributed by atoms with E-state index in [0.717, 1.165) is 12.8 Å². The maximum absolute atomic E-state index is 11.7. The number of hydrogen-bond donors (Lipinski definition) is 1. The van der Waals surface area contributed by atoms with Crippen LogP contribution in [0.3, 0.4) is 0 Å². The highest BCUT2D eigenvalue weighted by Crippen LogP contribution is 2.33. The molecule has 1 aromatic heterocycles. The summed E-state index contributed by atoms with van der Waals surface area (Å²) in [6.07, 6.45) is 4.01. The third-order valence-electron chi connectivity index (χ3n) is 2.97. The second-order valence-corrected chi connectivity index (χ2v) is 6.25. The van der Waals surface area contributed by atoms with Gasteiger partial charge in [0.15, 0.2) is 0 Å². The van der Waals surface area contributed by atoms with Crippen LogP contribution in [0.25, 0.3) is 0 Å². The van der Waals surface area contributed by atoms with Gasteiger partial charge in [-0.25, -0.2) is 17.8 Å². The molecular weight excluding hydrogens is 242 g/mol. The van der Waals surface area contributed by atoms with Gasteiger partial charge in [0.25, 0.3) is 0 Å². The van der Waals surface area contributed by atoms with E-state index >= 15 is 0 Å². The maximum Gasteiger partial charge on any atom is 0.211 e. The van der Waals surface area contributed by atoms with Crippen molar-refractivity contribution >= 4 is 10.0 Å². The molecule has 1 saturated carbocycles. The van der Waals surface area contributed by atoms with Crippen molar-refractivity contribution in [2.45, 2.75) is 38.8 Å². The Labute approximate surface area is 101 Å². The van der Waals surface area contributed by atoms with Crippen LogP contribution in [-0.4, -0.2) is 40.4 Å². The minimum Gasteiger partial charge on any atom is -0.232 e. The van der Waals surface area contributed by atoms with Crippen molar-refractivity contribution in [3.63, 3.8) is 0 Å². The molecule has 1 aliphatic carbocycles. The van der Waals surface area contributed by atoms with Gasteiger partial charge in [-0.15, -0.1) is 5.10 Å². The van der Waals surface area contributed by atoms with Gasteiger partial charge in [-0.2, -0.15) is 0 Å². The molecule has 1 fully saturated rings. The predicted octanol–water partition coefficient (Wildman–Crippen LogP) is -0.219. The van der Waals surface area contributed by atoms with Crippen LogP contribution in [0.1, 0.15) is 26.2 Å². The largest absolute Gasteiger partial charge is 0.232 e. The lowest BCUT2D eigenvalue weighted by atomic mass is 10.3. The summed E-state index contributed by atoms with van der Waals surface area (Å²) in [7, 11) is -3.15. The number of nitrogens with zero attached hydrogens (tertiary/aromatic N) is 4. The van der Waals surface area contributed by atoms with Gasteiger partial charge in [-0.3, -0.25) is 0 Å². The fraction of sp³-hybridized carbons (Fsp3) is 0.889. The van der Waals surface area contributed by atoms with Gasteiger partial charge in [-0.05, 0) is 29.2 Å². The number of tetrazole rings is 1. The summed E-state index contributed by atoms with van der Waals surface area (Å²) in [6.45, 7) is 2.60. The van der Waals surface area contributed by atoms with E-state index in [1.165, 1.54) is 11.0 Å². The highest BCUT2D eigenvalue weighted by atomic mass is 32.2.